The first-order valence-electron chi connectivity index (χ1n) is 12.4. The summed E-state index contributed by atoms with van der Waals surface area (Å²) in [5.74, 6) is 2.06. The Morgan fingerprint density at radius 1 is 1.16 bits per heavy atom. The number of hydrogen-bond donors (Lipinski definition) is 1. The Bertz CT molecular complexity index is 986. The van der Waals surface area contributed by atoms with Crippen LogP contribution in [0.5, 0.6) is 0 Å². The van der Waals surface area contributed by atoms with Gasteiger partial charge in [0.25, 0.3) is 0 Å². The maximum Gasteiger partial charge on any atom is 0.165 e. The highest BCUT2D eigenvalue weighted by atomic mass is 16.3. The van der Waals surface area contributed by atoms with E-state index in [1.54, 1.807) is 0 Å². The maximum absolute atomic E-state index is 13.7. The van der Waals surface area contributed by atoms with Crippen molar-refractivity contribution in [2.45, 2.75) is 92.2 Å². The topological polar surface area (TPSA) is 55.1 Å². The summed E-state index contributed by atoms with van der Waals surface area (Å²) < 4.78 is 2.04. The summed E-state index contributed by atoms with van der Waals surface area (Å²) >= 11 is 0. The molecule has 1 aromatic rings. The van der Waals surface area contributed by atoms with Crippen LogP contribution in [0.1, 0.15) is 82.7 Å². The molecular weight excluding hydrogens is 384 g/mol. The molecule has 3 saturated carbocycles. The number of fused-ring (bicyclic) bond motifs is 5. The average Bonchev–Trinajstić information content (AvgIpc) is 3.16. The molecule has 0 aliphatic heterocycles. The Morgan fingerprint density at radius 3 is 2.61 bits per heavy atom. The van der Waals surface area contributed by atoms with Gasteiger partial charge >= 0.3 is 0 Å². The number of aromatic nitrogens is 2. The lowest BCUT2D eigenvalue weighted by Gasteiger charge is -2.56. The Hall–Kier alpha value is -1.68. The van der Waals surface area contributed by atoms with Gasteiger partial charge in [0, 0.05) is 23.2 Å². The summed E-state index contributed by atoms with van der Waals surface area (Å²) in [5.41, 5.74) is 5.85. The number of aliphatic hydroxyl groups is 1. The van der Waals surface area contributed by atoms with Gasteiger partial charge in [0.15, 0.2) is 5.78 Å². The molecule has 4 aliphatic rings. The van der Waals surface area contributed by atoms with Crippen LogP contribution in [0.25, 0.3) is 6.08 Å². The van der Waals surface area contributed by atoms with Crippen LogP contribution in [0.4, 0.5) is 0 Å². The Kier molecular flexibility index (Phi) is 4.89. The molecular formula is C27H38N2O2. The second kappa shape index (κ2) is 7.16. The zero-order chi connectivity index (χ0) is 22.1. The van der Waals surface area contributed by atoms with E-state index < -0.39 is 0 Å². The smallest absolute Gasteiger partial charge is 0.165 e. The van der Waals surface area contributed by atoms with E-state index in [1.165, 1.54) is 5.57 Å². The van der Waals surface area contributed by atoms with Crippen molar-refractivity contribution in [2.24, 2.45) is 28.6 Å². The fraction of sp³-hybridized carbons (Fsp3) is 0.704. The summed E-state index contributed by atoms with van der Waals surface area (Å²) in [7, 11) is 0. The van der Waals surface area contributed by atoms with Crippen molar-refractivity contribution in [2.75, 3.05) is 0 Å². The Balaban J connectivity index is 1.49. The molecule has 0 radical (unpaired) electrons. The molecule has 1 aromatic heterocycles. The third-order valence-corrected chi connectivity index (χ3v) is 9.77. The highest BCUT2D eigenvalue weighted by Crippen LogP contribution is 2.64. The van der Waals surface area contributed by atoms with Gasteiger partial charge in [0.1, 0.15) is 0 Å². The molecule has 1 N–H and O–H groups in total. The maximum atomic E-state index is 13.7. The molecule has 4 heteroatoms. The van der Waals surface area contributed by atoms with Crippen LogP contribution in [0, 0.1) is 42.4 Å². The number of rotatable bonds is 2. The Labute approximate surface area is 186 Å². The van der Waals surface area contributed by atoms with Crippen molar-refractivity contribution in [3.63, 3.8) is 0 Å². The third-order valence-electron chi connectivity index (χ3n) is 9.77. The zero-order valence-corrected chi connectivity index (χ0v) is 19.9. The summed E-state index contributed by atoms with van der Waals surface area (Å²) in [4.78, 5) is 13.7. The third kappa shape index (κ3) is 2.97. The number of allylic oxidation sites excluding steroid dienone is 2. The van der Waals surface area contributed by atoms with Crippen molar-refractivity contribution in [3.05, 3.63) is 34.2 Å². The van der Waals surface area contributed by atoms with E-state index in [0.717, 1.165) is 74.0 Å². The first-order chi connectivity index (χ1) is 14.7. The first kappa shape index (κ1) is 21.2. The SMILES string of the molecule is CCn1nc(C)c(/C=C2\CC3C4CC=C5CC(O)CCC5(C)C4CCC3(C)C2=O)c1C. The molecule has 0 aromatic carbocycles. The number of aryl methyl sites for hydroxylation is 2. The van der Waals surface area contributed by atoms with Gasteiger partial charge in [-0.3, -0.25) is 9.48 Å². The number of aliphatic hydroxyl groups excluding tert-OH is 1. The van der Waals surface area contributed by atoms with Crippen LogP contribution in [0.2, 0.25) is 0 Å². The average molecular weight is 423 g/mol. The van der Waals surface area contributed by atoms with Crippen molar-refractivity contribution >= 4 is 11.9 Å². The van der Waals surface area contributed by atoms with E-state index in [0.29, 0.717) is 23.5 Å². The van der Waals surface area contributed by atoms with Crippen LogP contribution in [0.3, 0.4) is 0 Å². The molecule has 31 heavy (non-hydrogen) atoms. The molecule has 168 valence electrons. The molecule has 6 unspecified atom stereocenters. The highest BCUT2D eigenvalue weighted by Gasteiger charge is 2.59. The van der Waals surface area contributed by atoms with Crippen molar-refractivity contribution < 1.29 is 9.90 Å². The summed E-state index contributed by atoms with van der Waals surface area (Å²) in [6.07, 6.45) is 11.5. The zero-order valence-electron chi connectivity index (χ0n) is 19.9. The minimum atomic E-state index is -0.217. The number of hydrogen-bond acceptors (Lipinski definition) is 3. The van der Waals surface area contributed by atoms with Crippen molar-refractivity contribution in [1.29, 1.82) is 0 Å². The lowest BCUT2D eigenvalue weighted by Crippen LogP contribution is -2.50. The molecule has 0 bridgehead atoms. The molecule has 0 spiro atoms. The van der Waals surface area contributed by atoms with Crippen LogP contribution in [-0.4, -0.2) is 26.8 Å². The van der Waals surface area contributed by atoms with Crippen LogP contribution in [0.15, 0.2) is 17.2 Å². The van der Waals surface area contributed by atoms with Gasteiger partial charge in [0.2, 0.25) is 0 Å². The molecule has 0 saturated heterocycles. The van der Waals surface area contributed by atoms with Gasteiger partial charge in [-0.1, -0.05) is 25.5 Å². The Morgan fingerprint density at radius 2 is 1.90 bits per heavy atom. The predicted molar refractivity (Wildman–Crippen MR) is 123 cm³/mol. The van der Waals surface area contributed by atoms with Crippen LogP contribution in [-0.2, 0) is 11.3 Å². The second-order valence-electron chi connectivity index (χ2n) is 11.2. The van der Waals surface area contributed by atoms with E-state index in [9.17, 15) is 9.90 Å². The van der Waals surface area contributed by atoms with Gasteiger partial charge < -0.3 is 5.11 Å². The van der Waals surface area contributed by atoms with E-state index in [1.807, 2.05) is 4.68 Å². The first-order valence-corrected chi connectivity index (χ1v) is 12.4. The second-order valence-corrected chi connectivity index (χ2v) is 11.2. The summed E-state index contributed by atoms with van der Waals surface area (Å²) in [6.45, 7) is 11.8. The molecule has 6 atom stereocenters. The molecule has 1 heterocycles. The predicted octanol–water partition coefficient (Wildman–Crippen LogP) is 5.41. The molecule has 0 amide bonds. The van der Waals surface area contributed by atoms with Crippen LogP contribution >= 0.6 is 0 Å². The monoisotopic (exact) mass is 422 g/mol. The minimum Gasteiger partial charge on any atom is -0.393 e. The number of nitrogens with zero attached hydrogens (tertiary/aromatic N) is 2. The van der Waals surface area contributed by atoms with Crippen molar-refractivity contribution in [3.8, 4) is 0 Å². The number of Topliss-reactive ketones (excluding diaryl/α,β-unsaturated/α-hetero) is 1. The fourth-order valence-corrected chi connectivity index (χ4v) is 7.84. The summed E-state index contributed by atoms with van der Waals surface area (Å²) in [6, 6.07) is 0. The lowest BCUT2D eigenvalue weighted by molar-refractivity contribution is -0.130. The number of carbonyl (C=O) groups is 1. The lowest BCUT2D eigenvalue weighted by atomic mass is 9.48. The number of carbonyl (C=O) groups excluding carboxylic acids is 1. The van der Waals surface area contributed by atoms with Gasteiger partial charge in [-0.15, -0.1) is 0 Å². The molecule has 4 aliphatic carbocycles. The van der Waals surface area contributed by atoms with Crippen LogP contribution < -0.4 is 0 Å². The minimum absolute atomic E-state index is 0.164. The molecule has 4 nitrogen and oxygen atoms in total. The van der Waals surface area contributed by atoms with E-state index >= 15 is 0 Å². The van der Waals surface area contributed by atoms with Gasteiger partial charge in [-0.2, -0.15) is 5.10 Å². The molecule has 3 fully saturated rings. The highest BCUT2D eigenvalue weighted by molar-refractivity contribution is 6.06. The number of ketones is 1. The standard InChI is InChI=1S/C27H38N2O2/c1-6-29-17(3)22(16(2)28-29)13-18-14-24-21-8-7-19-15-20(30)9-11-26(19,4)23(21)10-12-27(24,5)25(18)31/h7,13,20-21,23-24,30H,6,8-12,14-15H2,1-5H3/b18-13+. The quantitative estimate of drug-likeness (QED) is 0.512. The van der Waals surface area contributed by atoms with E-state index in [4.69, 9.17) is 0 Å². The molecule has 5 rings (SSSR count). The van der Waals surface area contributed by atoms with E-state index in [-0.39, 0.29) is 16.9 Å². The largest absolute Gasteiger partial charge is 0.393 e. The normalized spacial score (nSPS) is 41.0. The van der Waals surface area contributed by atoms with Crippen molar-refractivity contribution in [1.82, 2.24) is 9.78 Å². The van der Waals surface area contributed by atoms with Gasteiger partial charge in [0.05, 0.1) is 11.8 Å². The summed E-state index contributed by atoms with van der Waals surface area (Å²) in [5, 5.41) is 14.9. The van der Waals surface area contributed by atoms with E-state index in [2.05, 4.69) is 51.9 Å². The van der Waals surface area contributed by atoms with Gasteiger partial charge in [-0.25, -0.2) is 0 Å². The fourth-order valence-electron chi connectivity index (χ4n) is 7.84. The van der Waals surface area contributed by atoms with Gasteiger partial charge in [-0.05, 0) is 101 Å².